The van der Waals surface area contributed by atoms with Crippen LogP contribution < -0.4 is 0 Å². The van der Waals surface area contributed by atoms with Crippen molar-refractivity contribution in [1.82, 2.24) is 14.1 Å². The molecule has 0 bridgehead atoms. The molecule has 0 spiro atoms. The maximum absolute atomic E-state index is 10.8. The van der Waals surface area contributed by atoms with Crippen LogP contribution in [0.1, 0.15) is 11.1 Å². The summed E-state index contributed by atoms with van der Waals surface area (Å²) in [5.74, 6) is 0.981. The van der Waals surface area contributed by atoms with Crippen LogP contribution in [0, 0.1) is 22.7 Å². The van der Waals surface area contributed by atoms with Gasteiger partial charge in [0.25, 0.3) is 0 Å². The normalized spacial score (nSPS) is 11.3. The molecular weight excluding hydrogens is 514 g/mol. The van der Waals surface area contributed by atoms with Gasteiger partial charge in [-0.05, 0) is 29.8 Å². The molecule has 0 unspecified atom stereocenters. The third-order valence-corrected chi connectivity index (χ3v) is 8.03. The van der Waals surface area contributed by atoms with E-state index < -0.39 is 0 Å². The van der Waals surface area contributed by atoms with E-state index in [4.69, 9.17) is 4.98 Å². The van der Waals surface area contributed by atoms with E-state index in [-0.39, 0.29) is 0 Å². The highest BCUT2D eigenvalue weighted by Gasteiger charge is 2.27. The van der Waals surface area contributed by atoms with E-state index >= 15 is 0 Å². The zero-order valence-electron chi connectivity index (χ0n) is 22.4. The van der Waals surface area contributed by atoms with Crippen molar-refractivity contribution in [2.24, 2.45) is 0 Å². The molecular formula is C37H21N5. The van der Waals surface area contributed by atoms with Crippen molar-refractivity contribution < 1.29 is 0 Å². The van der Waals surface area contributed by atoms with Crippen molar-refractivity contribution in [3.63, 3.8) is 0 Å². The van der Waals surface area contributed by atoms with Crippen molar-refractivity contribution in [3.8, 4) is 34.9 Å². The minimum atomic E-state index is 0.355. The fourth-order valence-electron chi connectivity index (χ4n) is 6.29. The van der Waals surface area contributed by atoms with Gasteiger partial charge in [0.15, 0.2) is 11.6 Å². The zero-order valence-corrected chi connectivity index (χ0v) is 22.4. The van der Waals surface area contributed by atoms with Crippen LogP contribution >= 0.6 is 0 Å². The fourth-order valence-corrected chi connectivity index (χ4v) is 6.29. The molecule has 3 heterocycles. The summed E-state index contributed by atoms with van der Waals surface area (Å²) in [4.78, 5) is 5.27. The Balaban J connectivity index is 1.62. The Hall–Kier alpha value is -6.17. The van der Waals surface area contributed by atoms with Crippen molar-refractivity contribution in [2.75, 3.05) is 0 Å². The van der Waals surface area contributed by atoms with Crippen LogP contribution in [0.3, 0.4) is 0 Å². The van der Waals surface area contributed by atoms with Gasteiger partial charge in [-0.25, -0.2) is 4.98 Å². The summed E-state index contributed by atoms with van der Waals surface area (Å²) in [6, 6.07) is 47.3. The number of pyridine rings is 1. The van der Waals surface area contributed by atoms with E-state index in [1.54, 1.807) is 0 Å². The molecule has 0 aliphatic heterocycles. The summed E-state index contributed by atoms with van der Waals surface area (Å²) in [6.45, 7) is 0. The average Bonchev–Trinajstić information content (AvgIpc) is 3.57. The van der Waals surface area contributed by atoms with Gasteiger partial charge >= 0.3 is 0 Å². The van der Waals surface area contributed by atoms with Crippen LogP contribution in [-0.4, -0.2) is 14.1 Å². The topological polar surface area (TPSA) is 70.3 Å². The van der Waals surface area contributed by atoms with Crippen molar-refractivity contribution in [2.45, 2.75) is 0 Å². The van der Waals surface area contributed by atoms with Gasteiger partial charge in [0.2, 0.25) is 0 Å². The van der Waals surface area contributed by atoms with Gasteiger partial charge in [-0.1, -0.05) is 103 Å². The molecule has 0 atom stereocenters. The molecule has 0 N–H and O–H groups in total. The maximum atomic E-state index is 10.8. The summed E-state index contributed by atoms with van der Waals surface area (Å²) in [5.41, 5.74) is 5.85. The highest BCUT2D eigenvalue weighted by Crippen LogP contribution is 2.40. The smallest absolute Gasteiger partial charge is 0.158 e. The fraction of sp³-hybridized carbons (Fsp3) is 0. The molecule has 5 heteroatoms. The van der Waals surface area contributed by atoms with E-state index in [9.17, 15) is 10.5 Å². The summed E-state index contributed by atoms with van der Waals surface area (Å²) in [5, 5.41) is 25.8. The minimum Gasteiger partial charge on any atom is -0.293 e. The molecule has 8 aromatic rings. The number of nitriles is 2. The number of fused-ring (bicyclic) bond motifs is 6. The van der Waals surface area contributed by atoms with E-state index in [2.05, 4.69) is 69.8 Å². The Labute approximate surface area is 241 Å². The van der Waals surface area contributed by atoms with Crippen LogP contribution in [0.25, 0.3) is 66.4 Å². The minimum absolute atomic E-state index is 0.355. The molecule has 0 aliphatic rings. The number of hydrogen-bond acceptors (Lipinski definition) is 3. The van der Waals surface area contributed by atoms with Crippen molar-refractivity contribution in [1.29, 1.82) is 10.5 Å². The zero-order chi connectivity index (χ0) is 28.2. The third-order valence-electron chi connectivity index (χ3n) is 8.03. The number of rotatable bonds is 3. The predicted molar refractivity (Wildman–Crippen MR) is 168 cm³/mol. The van der Waals surface area contributed by atoms with Crippen LogP contribution in [0.4, 0.5) is 0 Å². The summed E-state index contributed by atoms with van der Waals surface area (Å²) < 4.78 is 4.13. The van der Waals surface area contributed by atoms with Crippen LogP contribution in [-0.2, 0) is 0 Å². The molecule has 8 rings (SSSR count). The molecule has 0 saturated carbocycles. The van der Waals surface area contributed by atoms with Crippen LogP contribution in [0.5, 0.6) is 0 Å². The molecule has 0 amide bonds. The first-order chi connectivity index (χ1) is 20.8. The van der Waals surface area contributed by atoms with E-state index in [1.165, 1.54) is 0 Å². The molecule has 5 aromatic carbocycles. The summed E-state index contributed by atoms with van der Waals surface area (Å²) >= 11 is 0. The quantitative estimate of drug-likeness (QED) is 0.227. The summed E-state index contributed by atoms with van der Waals surface area (Å²) in [7, 11) is 0. The summed E-state index contributed by atoms with van der Waals surface area (Å²) in [6.07, 6.45) is 0. The van der Waals surface area contributed by atoms with E-state index in [0.717, 1.165) is 49.2 Å². The molecule has 3 aromatic heterocycles. The van der Waals surface area contributed by atoms with Crippen molar-refractivity contribution >= 4 is 43.6 Å². The maximum Gasteiger partial charge on any atom is 0.158 e. The Morgan fingerprint density at radius 3 is 1.12 bits per heavy atom. The first kappa shape index (κ1) is 23.7. The largest absolute Gasteiger partial charge is 0.293 e. The number of aromatic nitrogens is 3. The number of nitrogens with zero attached hydrogens (tertiary/aromatic N) is 5. The Morgan fingerprint density at radius 1 is 0.429 bits per heavy atom. The Kier molecular flexibility index (Phi) is 5.19. The van der Waals surface area contributed by atoms with E-state index in [1.807, 2.05) is 78.9 Å². The van der Waals surface area contributed by atoms with Gasteiger partial charge < -0.3 is 0 Å². The lowest BCUT2D eigenvalue weighted by Crippen LogP contribution is -2.11. The molecule has 0 saturated heterocycles. The first-order valence-electron chi connectivity index (χ1n) is 13.7. The van der Waals surface area contributed by atoms with Gasteiger partial charge in [0.05, 0.1) is 22.1 Å². The molecule has 5 nitrogen and oxygen atoms in total. The van der Waals surface area contributed by atoms with Crippen molar-refractivity contribution in [3.05, 3.63) is 139 Å². The lowest BCUT2D eigenvalue weighted by Gasteiger charge is -2.18. The Morgan fingerprint density at radius 2 is 0.762 bits per heavy atom. The van der Waals surface area contributed by atoms with Gasteiger partial charge in [-0.2, -0.15) is 10.5 Å². The van der Waals surface area contributed by atoms with Gasteiger partial charge in [0.1, 0.15) is 23.3 Å². The second-order valence-electron chi connectivity index (χ2n) is 10.2. The Bertz CT molecular complexity index is 2180. The second-order valence-corrected chi connectivity index (χ2v) is 10.2. The van der Waals surface area contributed by atoms with Crippen LogP contribution in [0.15, 0.2) is 127 Å². The van der Waals surface area contributed by atoms with Gasteiger partial charge in [0, 0.05) is 27.1 Å². The second kappa shape index (κ2) is 9.20. The molecule has 0 radical (unpaired) electrons. The average molecular weight is 536 g/mol. The molecule has 0 fully saturated rings. The number of benzene rings is 5. The monoisotopic (exact) mass is 535 g/mol. The first-order valence-corrected chi connectivity index (χ1v) is 13.7. The SMILES string of the molecule is N#Cc1c(-n2c3ccccc3c3ccccc32)nc(-n2c3ccccc3c3ccccc32)c(C#N)c1-c1ccccc1. The lowest BCUT2D eigenvalue weighted by molar-refractivity contribution is 1.00. The van der Waals surface area contributed by atoms with Gasteiger partial charge in [-0.15, -0.1) is 0 Å². The highest BCUT2D eigenvalue weighted by molar-refractivity contribution is 6.11. The predicted octanol–water partition coefficient (Wildman–Crippen LogP) is 8.69. The molecule has 0 aliphatic carbocycles. The molecule has 42 heavy (non-hydrogen) atoms. The van der Waals surface area contributed by atoms with Gasteiger partial charge in [-0.3, -0.25) is 9.13 Å². The molecule has 194 valence electrons. The van der Waals surface area contributed by atoms with E-state index in [0.29, 0.717) is 28.3 Å². The lowest BCUT2D eigenvalue weighted by atomic mass is 9.95. The standard InChI is InChI=1S/C37H21N5/c38-22-29-35(24-12-2-1-3-13-24)30(23-39)37(42-33-20-10-6-16-27(33)28-17-7-11-21-34(28)42)40-36(29)41-31-18-8-4-14-25(31)26-15-5-9-19-32(26)41/h1-21H. The number of hydrogen-bond donors (Lipinski definition) is 0. The highest BCUT2D eigenvalue weighted by atomic mass is 15.1. The number of para-hydroxylation sites is 4. The third kappa shape index (κ3) is 3.26. The van der Waals surface area contributed by atoms with Crippen LogP contribution in [0.2, 0.25) is 0 Å².